The molecule has 0 saturated carbocycles. The third kappa shape index (κ3) is 2.64. The summed E-state index contributed by atoms with van der Waals surface area (Å²) in [6, 6.07) is 5.32. The number of nitrogens with zero attached hydrogens (tertiary/aromatic N) is 1. The molecule has 2 amide bonds. The summed E-state index contributed by atoms with van der Waals surface area (Å²) in [4.78, 5) is 22.2. The van der Waals surface area contributed by atoms with Crippen LogP contribution in [0.5, 0.6) is 5.75 Å². The fourth-order valence-corrected chi connectivity index (χ4v) is 2.24. The van der Waals surface area contributed by atoms with Crippen LogP contribution in [0.2, 0.25) is 0 Å². The molecular formula is C11H9NO6S. The number of rotatable bonds is 4. The molecular weight excluding hydrogens is 274 g/mol. The minimum atomic E-state index is -4.25. The average Bonchev–Trinajstić information content (AvgIpc) is 2.70. The van der Waals surface area contributed by atoms with Gasteiger partial charge in [0, 0.05) is 12.2 Å². The lowest BCUT2D eigenvalue weighted by Crippen LogP contribution is -2.32. The first-order valence-electron chi connectivity index (χ1n) is 5.09. The first-order chi connectivity index (χ1) is 8.94. The zero-order valence-electron chi connectivity index (χ0n) is 9.77. The van der Waals surface area contributed by atoms with Crippen LogP contribution < -0.4 is 4.74 Å². The number of benzene rings is 1. The van der Waals surface area contributed by atoms with E-state index in [1.54, 1.807) is 0 Å². The van der Waals surface area contributed by atoms with Gasteiger partial charge in [0.25, 0.3) is 11.8 Å². The van der Waals surface area contributed by atoms with Crippen molar-refractivity contribution in [3.63, 3.8) is 0 Å². The van der Waals surface area contributed by atoms with Gasteiger partial charge in [-0.3, -0.25) is 9.59 Å². The van der Waals surface area contributed by atoms with Gasteiger partial charge in [0.1, 0.15) is 5.75 Å². The van der Waals surface area contributed by atoms with Crippen LogP contribution in [-0.2, 0) is 24.0 Å². The second kappa shape index (κ2) is 4.82. The zero-order chi connectivity index (χ0) is 14.0. The first-order valence-corrected chi connectivity index (χ1v) is 6.49. The van der Waals surface area contributed by atoms with Gasteiger partial charge < -0.3 is 4.74 Å². The molecule has 0 atom stereocenters. The molecule has 0 saturated heterocycles. The number of carbonyl (C=O) groups excluding carboxylic acids is 2. The topological polar surface area (TPSA) is 90.0 Å². The van der Waals surface area contributed by atoms with Crippen molar-refractivity contribution in [1.82, 2.24) is 5.06 Å². The van der Waals surface area contributed by atoms with Gasteiger partial charge in [0.2, 0.25) is 0 Å². The molecule has 0 spiro atoms. The van der Waals surface area contributed by atoms with E-state index in [9.17, 15) is 18.0 Å². The van der Waals surface area contributed by atoms with Crippen LogP contribution in [0.15, 0.2) is 41.3 Å². The normalized spacial score (nSPS) is 15.1. The van der Waals surface area contributed by atoms with Gasteiger partial charge in [-0.1, -0.05) is 0 Å². The van der Waals surface area contributed by atoms with Gasteiger partial charge in [-0.05, 0) is 24.3 Å². The fourth-order valence-electron chi connectivity index (χ4n) is 1.34. The molecule has 7 nitrogen and oxygen atoms in total. The van der Waals surface area contributed by atoms with E-state index >= 15 is 0 Å². The van der Waals surface area contributed by atoms with Crippen LogP contribution >= 0.6 is 0 Å². The molecule has 19 heavy (non-hydrogen) atoms. The number of hydroxylamine groups is 2. The largest absolute Gasteiger partial charge is 0.497 e. The minimum absolute atomic E-state index is 0.180. The van der Waals surface area contributed by atoms with Crippen molar-refractivity contribution < 1.29 is 27.0 Å². The van der Waals surface area contributed by atoms with E-state index in [-0.39, 0.29) is 9.96 Å². The lowest BCUT2D eigenvalue weighted by Gasteiger charge is -2.12. The Morgan fingerprint density at radius 3 is 2.00 bits per heavy atom. The summed E-state index contributed by atoms with van der Waals surface area (Å²) in [5.74, 6) is -1.22. The van der Waals surface area contributed by atoms with Crippen molar-refractivity contribution in [2.75, 3.05) is 7.11 Å². The Balaban J connectivity index is 2.23. The summed E-state index contributed by atoms with van der Waals surface area (Å²) in [6.45, 7) is 0. The van der Waals surface area contributed by atoms with Crippen LogP contribution in [0.4, 0.5) is 0 Å². The van der Waals surface area contributed by atoms with Gasteiger partial charge >= 0.3 is 10.1 Å². The van der Waals surface area contributed by atoms with E-state index in [1.165, 1.54) is 31.4 Å². The Hall–Kier alpha value is -2.19. The Kier molecular flexibility index (Phi) is 3.36. The highest BCUT2D eigenvalue weighted by Crippen LogP contribution is 2.19. The maximum Gasteiger partial charge on any atom is 0.318 e. The Morgan fingerprint density at radius 1 is 1.00 bits per heavy atom. The first kappa shape index (κ1) is 13.2. The Labute approximate surface area is 109 Å². The predicted molar refractivity (Wildman–Crippen MR) is 62.3 cm³/mol. The van der Waals surface area contributed by atoms with E-state index in [0.29, 0.717) is 5.75 Å². The van der Waals surface area contributed by atoms with E-state index in [1.807, 2.05) is 0 Å². The molecule has 1 aromatic rings. The number of methoxy groups -OCH3 is 1. The highest BCUT2D eigenvalue weighted by molar-refractivity contribution is 7.86. The molecule has 0 fully saturated rings. The summed E-state index contributed by atoms with van der Waals surface area (Å²) >= 11 is 0. The van der Waals surface area contributed by atoms with Crippen LogP contribution in [-0.4, -0.2) is 32.4 Å². The van der Waals surface area contributed by atoms with Gasteiger partial charge in [-0.15, -0.1) is 9.35 Å². The van der Waals surface area contributed by atoms with Crippen LogP contribution in [0.1, 0.15) is 0 Å². The van der Waals surface area contributed by atoms with Crippen molar-refractivity contribution in [1.29, 1.82) is 0 Å². The highest BCUT2D eigenvalue weighted by atomic mass is 32.2. The van der Waals surface area contributed by atoms with Gasteiger partial charge in [-0.2, -0.15) is 8.42 Å². The van der Waals surface area contributed by atoms with Crippen LogP contribution in [0.25, 0.3) is 0 Å². The Bertz CT molecular complexity index is 628. The van der Waals surface area contributed by atoms with E-state index in [0.717, 1.165) is 12.2 Å². The minimum Gasteiger partial charge on any atom is -0.497 e. The smallest absolute Gasteiger partial charge is 0.318 e. The number of ether oxygens (including phenoxy) is 1. The monoisotopic (exact) mass is 283 g/mol. The molecule has 0 radical (unpaired) electrons. The average molecular weight is 283 g/mol. The number of amides is 2. The Morgan fingerprint density at radius 2 is 1.53 bits per heavy atom. The van der Waals surface area contributed by atoms with Crippen molar-refractivity contribution in [2.24, 2.45) is 0 Å². The van der Waals surface area contributed by atoms with Gasteiger partial charge in [0.15, 0.2) is 0 Å². The number of carbonyl (C=O) groups is 2. The number of imide groups is 1. The summed E-state index contributed by atoms with van der Waals surface area (Å²) < 4.78 is 33.1. The fraction of sp³-hybridized carbons (Fsp3) is 0.0909. The maximum absolute atomic E-state index is 11.8. The lowest BCUT2D eigenvalue weighted by molar-refractivity contribution is -0.161. The molecule has 0 aromatic heterocycles. The maximum atomic E-state index is 11.8. The standard InChI is InChI=1S/C11H9NO6S/c1-17-8-2-4-9(5-3-8)19(15,16)18-12-10(13)6-7-11(12)14/h2-7H,1H3. The molecule has 0 N–H and O–H groups in total. The van der Waals surface area contributed by atoms with Crippen molar-refractivity contribution in [3.05, 3.63) is 36.4 Å². The van der Waals surface area contributed by atoms with Gasteiger partial charge in [0.05, 0.1) is 12.0 Å². The molecule has 1 aliphatic heterocycles. The van der Waals surface area contributed by atoms with E-state index < -0.39 is 21.9 Å². The quantitative estimate of drug-likeness (QED) is 0.735. The van der Waals surface area contributed by atoms with Crippen molar-refractivity contribution in [3.8, 4) is 5.75 Å². The van der Waals surface area contributed by atoms with E-state index in [2.05, 4.69) is 4.28 Å². The predicted octanol–water partition coefficient (Wildman–Crippen LogP) is 0.240. The molecule has 100 valence electrons. The highest BCUT2D eigenvalue weighted by Gasteiger charge is 2.31. The molecule has 0 unspecified atom stereocenters. The van der Waals surface area contributed by atoms with E-state index in [4.69, 9.17) is 4.74 Å². The second-order valence-electron chi connectivity index (χ2n) is 3.51. The van der Waals surface area contributed by atoms with Crippen LogP contribution in [0.3, 0.4) is 0 Å². The number of hydrogen-bond acceptors (Lipinski definition) is 6. The molecule has 1 aromatic carbocycles. The van der Waals surface area contributed by atoms with Crippen molar-refractivity contribution in [2.45, 2.75) is 4.90 Å². The zero-order valence-corrected chi connectivity index (χ0v) is 10.6. The second-order valence-corrected chi connectivity index (χ2v) is 5.04. The summed E-state index contributed by atoms with van der Waals surface area (Å²) in [5, 5.41) is 0.180. The molecule has 1 aliphatic rings. The third-order valence-corrected chi connectivity index (χ3v) is 3.48. The molecule has 0 bridgehead atoms. The summed E-state index contributed by atoms with van der Waals surface area (Å²) in [5.41, 5.74) is 0. The molecule has 0 aliphatic carbocycles. The molecule has 1 heterocycles. The van der Waals surface area contributed by atoms with Crippen molar-refractivity contribution >= 4 is 21.9 Å². The number of hydrogen-bond donors (Lipinski definition) is 0. The SMILES string of the molecule is COc1ccc(S(=O)(=O)ON2C(=O)C=CC2=O)cc1. The van der Waals surface area contributed by atoms with Gasteiger partial charge in [-0.25, -0.2) is 0 Å². The summed E-state index contributed by atoms with van der Waals surface area (Å²) in [6.07, 6.45) is 1.84. The lowest BCUT2D eigenvalue weighted by atomic mass is 10.3. The summed E-state index contributed by atoms with van der Waals surface area (Å²) in [7, 11) is -2.81. The molecule has 2 rings (SSSR count). The molecule has 8 heteroatoms. The third-order valence-electron chi connectivity index (χ3n) is 2.29. The van der Waals surface area contributed by atoms with Crippen LogP contribution in [0, 0.1) is 0 Å².